The van der Waals surface area contributed by atoms with E-state index in [1.165, 1.54) is 21.8 Å². The Labute approximate surface area is 295 Å². The largest absolute Gasteiger partial charge is 0.436 e. The molecular weight excluding hydrogens is 623 g/mol. The van der Waals surface area contributed by atoms with Gasteiger partial charge in [0.05, 0.1) is 11.0 Å². The molecule has 0 bridgehead atoms. The highest BCUT2D eigenvalue weighted by Gasteiger charge is 2.17. The normalized spacial score (nSPS) is 11.5. The third kappa shape index (κ3) is 4.88. The van der Waals surface area contributed by atoms with Crippen molar-refractivity contribution in [3.8, 4) is 28.3 Å². The first-order valence-corrected chi connectivity index (χ1v) is 17.2. The lowest BCUT2D eigenvalue weighted by Gasteiger charge is -2.26. The maximum Gasteiger partial charge on any atom is 0.227 e. The van der Waals surface area contributed by atoms with Gasteiger partial charge in [-0.3, -0.25) is 0 Å². The lowest BCUT2D eigenvalue weighted by molar-refractivity contribution is 0.620. The van der Waals surface area contributed by atoms with E-state index in [1.807, 2.05) is 36.4 Å². The number of rotatable bonds is 6. The Bertz CT molecular complexity index is 2780. The fourth-order valence-electron chi connectivity index (χ4n) is 7.47. The average Bonchev–Trinajstić information content (AvgIpc) is 3.79. The molecule has 0 aliphatic heterocycles. The van der Waals surface area contributed by atoms with Gasteiger partial charge in [-0.15, -0.1) is 0 Å². The van der Waals surface area contributed by atoms with Crippen molar-refractivity contribution in [1.82, 2.24) is 9.55 Å². The Balaban J connectivity index is 1.05. The molecule has 2 heterocycles. The average molecular weight is 654 g/mol. The van der Waals surface area contributed by atoms with Crippen molar-refractivity contribution >= 4 is 60.7 Å². The van der Waals surface area contributed by atoms with Gasteiger partial charge in [0.1, 0.15) is 5.52 Å². The number of fused-ring (bicyclic) bond motifs is 6. The minimum Gasteiger partial charge on any atom is -0.436 e. The third-order valence-electron chi connectivity index (χ3n) is 9.82. The minimum atomic E-state index is 0.630. The number of hydrogen-bond donors (Lipinski definition) is 0. The number of oxazole rings is 1. The van der Waals surface area contributed by atoms with E-state index in [-0.39, 0.29) is 0 Å². The highest BCUT2D eigenvalue weighted by Crippen LogP contribution is 2.40. The zero-order valence-electron chi connectivity index (χ0n) is 27.6. The van der Waals surface area contributed by atoms with Crippen molar-refractivity contribution in [2.24, 2.45) is 0 Å². The van der Waals surface area contributed by atoms with Crippen molar-refractivity contribution in [2.75, 3.05) is 4.90 Å². The zero-order chi connectivity index (χ0) is 33.7. The second-order valence-corrected chi connectivity index (χ2v) is 12.8. The van der Waals surface area contributed by atoms with Crippen molar-refractivity contribution in [1.29, 1.82) is 0 Å². The van der Waals surface area contributed by atoms with Crippen LogP contribution in [0.4, 0.5) is 17.1 Å². The third-order valence-corrected chi connectivity index (χ3v) is 9.82. The van der Waals surface area contributed by atoms with Gasteiger partial charge in [0.15, 0.2) is 5.58 Å². The number of benzene rings is 8. The monoisotopic (exact) mass is 653 g/mol. The second-order valence-electron chi connectivity index (χ2n) is 12.8. The Kier molecular flexibility index (Phi) is 6.78. The summed E-state index contributed by atoms with van der Waals surface area (Å²) >= 11 is 0. The van der Waals surface area contributed by atoms with Crippen molar-refractivity contribution in [3.05, 3.63) is 188 Å². The highest BCUT2D eigenvalue weighted by molar-refractivity contribution is 6.12. The topological polar surface area (TPSA) is 34.2 Å². The molecule has 51 heavy (non-hydrogen) atoms. The zero-order valence-corrected chi connectivity index (χ0v) is 27.6. The van der Waals surface area contributed by atoms with E-state index in [2.05, 4.69) is 161 Å². The van der Waals surface area contributed by atoms with E-state index >= 15 is 0 Å². The predicted octanol–water partition coefficient (Wildman–Crippen LogP) is 12.9. The van der Waals surface area contributed by atoms with Crippen molar-refractivity contribution in [2.45, 2.75) is 0 Å². The molecule has 0 spiro atoms. The molecule has 0 unspecified atom stereocenters. The summed E-state index contributed by atoms with van der Waals surface area (Å²) in [6.07, 6.45) is 0. The van der Waals surface area contributed by atoms with Crippen LogP contribution in [0.5, 0.6) is 0 Å². The highest BCUT2D eigenvalue weighted by atomic mass is 16.3. The molecule has 0 saturated carbocycles. The van der Waals surface area contributed by atoms with Gasteiger partial charge in [0.2, 0.25) is 5.89 Å². The molecule has 0 aliphatic rings. The molecule has 8 aromatic carbocycles. The molecule has 0 atom stereocenters. The molecule has 10 aromatic rings. The summed E-state index contributed by atoms with van der Waals surface area (Å²) in [5.74, 6) is 0.630. The summed E-state index contributed by atoms with van der Waals surface area (Å²) < 4.78 is 8.61. The molecular formula is C47H31N3O. The second kappa shape index (κ2) is 11.9. The number of anilines is 3. The minimum absolute atomic E-state index is 0.630. The maximum atomic E-state index is 6.26. The number of para-hydroxylation sites is 3. The van der Waals surface area contributed by atoms with Crippen LogP contribution in [0.25, 0.3) is 71.9 Å². The molecule has 0 fully saturated rings. The lowest BCUT2D eigenvalue weighted by Crippen LogP contribution is -2.10. The SMILES string of the molecule is c1ccc(-c2nc3c(ccc4cccc(-c5ccc(N(c6ccccc6)c6ccc(-n7c8ccccc8c8ccccc87)cc6)cc5)c43)o2)cc1. The van der Waals surface area contributed by atoms with Crippen LogP contribution in [0.3, 0.4) is 0 Å². The Morgan fingerprint density at radius 3 is 1.73 bits per heavy atom. The van der Waals surface area contributed by atoms with Crippen molar-refractivity contribution < 1.29 is 4.42 Å². The first-order chi connectivity index (χ1) is 25.3. The Hall–Kier alpha value is -6.91. The standard InChI is InChI=1S/C47H31N3O/c1-3-12-34(13-4-1)47-48-46-44(51-47)31-24-33-14-11-19-39(45(33)46)32-22-25-36(26-23-32)49(35-15-5-2-6-16-35)37-27-29-38(30-28-37)50-42-20-9-7-17-40(42)41-18-8-10-21-43(41)50/h1-31H. The summed E-state index contributed by atoms with van der Waals surface area (Å²) in [6.45, 7) is 0. The number of hydrogen-bond acceptors (Lipinski definition) is 3. The molecule has 0 aliphatic carbocycles. The fraction of sp³-hybridized carbons (Fsp3) is 0. The van der Waals surface area contributed by atoms with Gasteiger partial charge in [-0.05, 0) is 95.4 Å². The predicted molar refractivity (Wildman–Crippen MR) is 211 cm³/mol. The molecule has 0 N–H and O–H groups in total. The van der Waals surface area contributed by atoms with E-state index in [0.717, 1.165) is 61.3 Å². The van der Waals surface area contributed by atoms with Gasteiger partial charge in [0.25, 0.3) is 0 Å². The first kappa shape index (κ1) is 29.0. The Morgan fingerprint density at radius 1 is 0.451 bits per heavy atom. The van der Waals surface area contributed by atoms with Gasteiger partial charge < -0.3 is 13.9 Å². The van der Waals surface area contributed by atoms with Crippen LogP contribution in [0.2, 0.25) is 0 Å². The molecule has 4 nitrogen and oxygen atoms in total. The van der Waals surface area contributed by atoms with Crippen LogP contribution in [0.15, 0.2) is 192 Å². The van der Waals surface area contributed by atoms with Crippen LogP contribution >= 0.6 is 0 Å². The van der Waals surface area contributed by atoms with E-state index in [9.17, 15) is 0 Å². The quantitative estimate of drug-likeness (QED) is 0.179. The summed E-state index contributed by atoms with van der Waals surface area (Å²) in [6, 6.07) is 66.2. The first-order valence-electron chi connectivity index (χ1n) is 17.2. The molecule has 240 valence electrons. The van der Waals surface area contributed by atoms with Gasteiger partial charge in [0, 0.05) is 44.5 Å². The molecule has 0 amide bonds. The molecule has 4 heteroatoms. The van der Waals surface area contributed by atoms with E-state index in [1.54, 1.807) is 0 Å². The van der Waals surface area contributed by atoms with E-state index in [0.29, 0.717) is 5.89 Å². The molecule has 2 aromatic heterocycles. The molecule has 0 saturated heterocycles. The van der Waals surface area contributed by atoms with E-state index in [4.69, 9.17) is 9.40 Å². The molecule has 10 rings (SSSR count). The fourth-order valence-corrected chi connectivity index (χ4v) is 7.47. The van der Waals surface area contributed by atoms with Crippen LogP contribution < -0.4 is 4.90 Å². The summed E-state index contributed by atoms with van der Waals surface area (Å²) in [4.78, 5) is 7.31. The van der Waals surface area contributed by atoms with E-state index < -0.39 is 0 Å². The van der Waals surface area contributed by atoms with Gasteiger partial charge in [-0.2, -0.15) is 0 Å². The van der Waals surface area contributed by atoms with Crippen LogP contribution in [-0.2, 0) is 0 Å². The van der Waals surface area contributed by atoms with Crippen molar-refractivity contribution in [3.63, 3.8) is 0 Å². The van der Waals surface area contributed by atoms with Crippen LogP contribution in [0, 0.1) is 0 Å². The summed E-state index contributed by atoms with van der Waals surface area (Å²) in [5, 5.41) is 4.74. The number of aromatic nitrogens is 2. The van der Waals surface area contributed by atoms with Crippen LogP contribution in [-0.4, -0.2) is 9.55 Å². The Morgan fingerprint density at radius 2 is 1.04 bits per heavy atom. The van der Waals surface area contributed by atoms with Crippen LogP contribution in [0.1, 0.15) is 0 Å². The number of nitrogens with zero attached hydrogens (tertiary/aromatic N) is 3. The maximum absolute atomic E-state index is 6.26. The summed E-state index contributed by atoms with van der Waals surface area (Å²) in [7, 11) is 0. The van der Waals surface area contributed by atoms with Gasteiger partial charge in [-0.1, -0.05) is 109 Å². The lowest BCUT2D eigenvalue weighted by atomic mass is 9.97. The molecule has 0 radical (unpaired) electrons. The summed E-state index contributed by atoms with van der Waals surface area (Å²) in [5.41, 5.74) is 11.7. The smallest absolute Gasteiger partial charge is 0.227 e. The van der Waals surface area contributed by atoms with Gasteiger partial charge in [-0.25, -0.2) is 4.98 Å². The van der Waals surface area contributed by atoms with Gasteiger partial charge >= 0.3 is 0 Å².